The zero-order valence-corrected chi connectivity index (χ0v) is 11.6. The topological polar surface area (TPSA) is 67.8 Å². The number of ether oxygens (including phenoxy) is 1. The van der Waals surface area contributed by atoms with E-state index >= 15 is 0 Å². The first kappa shape index (κ1) is 13.9. The molecule has 1 amide bonds. The number of amides is 1. The van der Waals surface area contributed by atoms with Gasteiger partial charge in [-0.1, -0.05) is 6.07 Å². The summed E-state index contributed by atoms with van der Waals surface area (Å²) < 4.78 is 10.5. The van der Waals surface area contributed by atoms with Gasteiger partial charge in [-0.05, 0) is 43.9 Å². The fourth-order valence-electron chi connectivity index (χ4n) is 2.05. The number of fused-ring (bicyclic) bond motifs is 1. The summed E-state index contributed by atoms with van der Waals surface area (Å²) in [5.41, 5.74) is 0.899. The SMILES string of the molecule is COc1ccc2c(c1)C(C(=O)NC(C)(C)C)OB2O. The summed E-state index contributed by atoms with van der Waals surface area (Å²) in [5.74, 6) is 0.364. The summed E-state index contributed by atoms with van der Waals surface area (Å²) >= 11 is 0. The van der Waals surface area contributed by atoms with E-state index in [-0.39, 0.29) is 11.4 Å². The Morgan fingerprint density at radius 1 is 1.47 bits per heavy atom. The second-order valence-electron chi connectivity index (χ2n) is 5.60. The molecule has 0 saturated heterocycles. The number of carbonyl (C=O) groups excluding carboxylic acids is 1. The van der Waals surface area contributed by atoms with Crippen LogP contribution in [0.2, 0.25) is 0 Å². The molecule has 1 aliphatic heterocycles. The van der Waals surface area contributed by atoms with Crippen molar-refractivity contribution in [2.24, 2.45) is 0 Å². The number of carbonyl (C=O) groups is 1. The molecular formula is C13H18BNO4. The van der Waals surface area contributed by atoms with E-state index in [0.717, 1.165) is 0 Å². The van der Waals surface area contributed by atoms with Gasteiger partial charge < -0.3 is 19.7 Å². The third-order valence-electron chi connectivity index (χ3n) is 2.84. The number of hydrogen-bond donors (Lipinski definition) is 2. The van der Waals surface area contributed by atoms with Crippen LogP contribution in [0.25, 0.3) is 0 Å². The molecule has 5 nitrogen and oxygen atoms in total. The first-order valence-electron chi connectivity index (χ1n) is 6.15. The first-order chi connectivity index (χ1) is 8.81. The molecule has 102 valence electrons. The predicted octanol–water partition coefficient (Wildman–Crippen LogP) is 0.369. The van der Waals surface area contributed by atoms with E-state index in [9.17, 15) is 9.82 Å². The molecule has 0 saturated carbocycles. The first-order valence-corrected chi connectivity index (χ1v) is 6.15. The zero-order valence-electron chi connectivity index (χ0n) is 11.6. The normalized spacial score (nSPS) is 18.2. The van der Waals surface area contributed by atoms with Crippen LogP contribution >= 0.6 is 0 Å². The van der Waals surface area contributed by atoms with Gasteiger partial charge in [0, 0.05) is 5.54 Å². The lowest BCUT2D eigenvalue weighted by atomic mass is 9.79. The maximum Gasteiger partial charge on any atom is 0.492 e. The lowest BCUT2D eigenvalue weighted by Crippen LogP contribution is -2.43. The predicted molar refractivity (Wildman–Crippen MR) is 72.3 cm³/mol. The summed E-state index contributed by atoms with van der Waals surface area (Å²) in [6.07, 6.45) is -0.806. The van der Waals surface area contributed by atoms with Gasteiger partial charge in [0.15, 0.2) is 0 Å². The number of rotatable bonds is 2. The van der Waals surface area contributed by atoms with Gasteiger partial charge in [-0.3, -0.25) is 4.79 Å². The van der Waals surface area contributed by atoms with Crippen molar-refractivity contribution in [2.75, 3.05) is 7.11 Å². The van der Waals surface area contributed by atoms with Gasteiger partial charge >= 0.3 is 7.12 Å². The fraction of sp³-hybridized carbons (Fsp3) is 0.462. The third kappa shape index (κ3) is 2.90. The van der Waals surface area contributed by atoms with E-state index in [4.69, 9.17) is 9.39 Å². The van der Waals surface area contributed by atoms with Crippen molar-refractivity contribution in [1.82, 2.24) is 5.32 Å². The van der Waals surface area contributed by atoms with E-state index < -0.39 is 13.2 Å². The minimum absolute atomic E-state index is 0.265. The Balaban J connectivity index is 2.29. The molecule has 0 aliphatic carbocycles. The van der Waals surface area contributed by atoms with Crippen LogP contribution in [0.3, 0.4) is 0 Å². The summed E-state index contributed by atoms with van der Waals surface area (Å²) in [4.78, 5) is 12.2. The molecule has 2 N–H and O–H groups in total. The second kappa shape index (κ2) is 4.87. The number of methoxy groups -OCH3 is 1. The molecule has 1 aromatic rings. The van der Waals surface area contributed by atoms with Crippen molar-refractivity contribution < 1.29 is 19.2 Å². The van der Waals surface area contributed by atoms with Gasteiger partial charge in [-0.15, -0.1) is 0 Å². The molecule has 1 aromatic carbocycles. The highest BCUT2D eigenvalue weighted by molar-refractivity contribution is 6.62. The molecule has 19 heavy (non-hydrogen) atoms. The van der Waals surface area contributed by atoms with Gasteiger partial charge in [0.1, 0.15) is 11.9 Å². The van der Waals surface area contributed by atoms with E-state index in [0.29, 0.717) is 16.8 Å². The number of hydrogen-bond acceptors (Lipinski definition) is 4. The van der Waals surface area contributed by atoms with Crippen LogP contribution in [0.1, 0.15) is 32.4 Å². The lowest BCUT2D eigenvalue weighted by Gasteiger charge is -2.23. The Morgan fingerprint density at radius 3 is 2.74 bits per heavy atom. The minimum atomic E-state index is -1.07. The highest BCUT2D eigenvalue weighted by Gasteiger charge is 2.40. The van der Waals surface area contributed by atoms with E-state index in [2.05, 4.69) is 5.32 Å². The molecule has 0 fully saturated rings. The third-order valence-corrected chi connectivity index (χ3v) is 2.84. The standard InChI is InChI=1S/C13H18BNO4/c1-13(2,3)15-12(16)11-9-7-8(18-4)5-6-10(9)14(17)19-11/h5-7,11,17H,1-4H3,(H,15,16). The van der Waals surface area contributed by atoms with Gasteiger partial charge in [0.2, 0.25) is 0 Å². The Labute approximate surface area is 113 Å². The van der Waals surface area contributed by atoms with Crippen molar-refractivity contribution in [3.05, 3.63) is 23.8 Å². The average molecular weight is 263 g/mol. The van der Waals surface area contributed by atoms with Crippen LogP contribution in [-0.2, 0) is 9.45 Å². The second-order valence-corrected chi connectivity index (χ2v) is 5.60. The molecule has 1 atom stereocenters. The molecule has 0 bridgehead atoms. The molecule has 1 aliphatic rings. The van der Waals surface area contributed by atoms with E-state index in [1.54, 1.807) is 25.3 Å². The maximum atomic E-state index is 12.2. The Bertz CT molecular complexity index is 498. The summed E-state index contributed by atoms with van der Waals surface area (Å²) in [6, 6.07) is 5.16. The smallest absolute Gasteiger partial charge is 0.492 e. The van der Waals surface area contributed by atoms with Crippen LogP contribution in [0.15, 0.2) is 18.2 Å². The van der Waals surface area contributed by atoms with Gasteiger partial charge in [0.25, 0.3) is 5.91 Å². The zero-order chi connectivity index (χ0) is 14.2. The summed E-state index contributed by atoms with van der Waals surface area (Å²) in [7, 11) is 0.481. The quantitative estimate of drug-likeness (QED) is 0.756. The molecule has 0 radical (unpaired) electrons. The molecule has 2 rings (SSSR count). The fourth-order valence-corrected chi connectivity index (χ4v) is 2.05. The van der Waals surface area contributed by atoms with Crippen molar-refractivity contribution in [1.29, 1.82) is 0 Å². The van der Waals surface area contributed by atoms with Gasteiger partial charge in [-0.25, -0.2) is 0 Å². The molecule has 1 unspecified atom stereocenters. The van der Waals surface area contributed by atoms with Crippen LogP contribution in [-0.4, -0.2) is 30.7 Å². The average Bonchev–Trinajstić information content (AvgIpc) is 2.64. The van der Waals surface area contributed by atoms with Gasteiger partial charge in [0.05, 0.1) is 7.11 Å². The maximum absolute atomic E-state index is 12.2. The number of benzene rings is 1. The van der Waals surface area contributed by atoms with E-state index in [1.165, 1.54) is 0 Å². The molecule has 0 spiro atoms. The largest absolute Gasteiger partial charge is 0.497 e. The summed E-state index contributed by atoms with van der Waals surface area (Å²) in [6.45, 7) is 5.67. The monoisotopic (exact) mass is 263 g/mol. The molecular weight excluding hydrogens is 245 g/mol. The Kier molecular flexibility index (Phi) is 3.56. The Morgan fingerprint density at radius 2 is 2.16 bits per heavy atom. The molecule has 6 heteroatoms. The van der Waals surface area contributed by atoms with Crippen LogP contribution in [0.5, 0.6) is 5.75 Å². The van der Waals surface area contributed by atoms with Crippen LogP contribution in [0, 0.1) is 0 Å². The number of nitrogens with one attached hydrogen (secondary N) is 1. The Hall–Kier alpha value is -1.53. The highest BCUT2D eigenvalue weighted by Crippen LogP contribution is 2.27. The van der Waals surface area contributed by atoms with Gasteiger partial charge in [-0.2, -0.15) is 0 Å². The molecule has 0 aromatic heterocycles. The van der Waals surface area contributed by atoms with Crippen molar-refractivity contribution >= 4 is 18.5 Å². The highest BCUT2D eigenvalue weighted by atomic mass is 16.5. The van der Waals surface area contributed by atoms with Crippen LogP contribution in [0.4, 0.5) is 0 Å². The lowest BCUT2D eigenvalue weighted by molar-refractivity contribution is -0.129. The minimum Gasteiger partial charge on any atom is -0.497 e. The van der Waals surface area contributed by atoms with Crippen molar-refractivity contribution in [3.8, 4) is 5.75 Å². The van der Waals surface area contributed by atoms with Crippen molar-refractivity contribution in [3.63, 3.8) is 0 Å². The van der Waals surface area contributed by atoms with Crippen LogP contribution < -0.4 is 15.5 Å². The van der Waals surface area contributed by atoms with Crippen molar-refractivity contribution in [2.45, 2.75) is 32.4 Å². The molecule has 1 heterocycles. The summed E-state index contributed by atoms with van der Waals surface area (Å²) in [5, 5.41) is 12.7. The van der Waals surface area contributed by atoms with E-state index in [1.807, 2.05) is 20.8 Å².